The molecule has 0 aromatic heterocycles. The van der Waals surface area contributed by atoms with E-state index in [0.717, 1.165) is 12.1 Å². The van der Waals surface area contributed by atoms with Crippen molar-refractivity contribution in [1.29, 1.82) is 0 Å². The minimum atomic E-state index is -4.76. The largest absolute Gasteiger partial charge is 0.514 e. The average molecular weight is 465 g/mol. The van der Waals surface area contributed by atoms with Crippen LogP contribution in [-0.4, -0.2) is 23.7 Å². The summed E-state index contributed by atoms with van der Waals surface area (Å²) in [4.78, 5) is 38.1. The summed E-state index contributed by atoms with van der Waals surface area (Å²) in [6, 6.07) is 7.60. The van der Waals surface area contributed by atoms with E-state index in [0.29, 0.717) is 16.5 Å². The van der Waals surface area contributed by atoms with E-state index in [-0.39, 0.29) is 11.4 Å². The molecule has 0 aliphatic carbocycles. The Morgan fingerprint density at radius 1 is 1.06 bits per heavy atom. The highest BCUT2D eigenvalue weighted by molar-refractivity contribution is 6.23. The third-order valence-corrected chi connectivity index (χ3v) is 4.81. The summed E-state index contributed by atoms with van der Waals surface area (Å²) in [6.45, 7) is 6.45. The van der Waals surface area contributed by atoms with Crippen molar-refractivity contribution in [2.75, 3.05) is 10.6 Å². The topological polar surface area (TPSA) is 111 Å². The van der Waals surface area contributed by atoms with Gasteiger partial charge in [0.2, 0.25) is 0 Å². The number of hydrogen-bond acceptors (Lipinski definition) is 6. The van der Waals surface area contributed by atoms with Crippen LogP contribution >= 0.6 is 0 Å². The van der Waals surface area contributed by atoms with Crippen LogP contribution in [0.1, 0.15) is 38.8 Å². The Hall–Kier alpha value is -3.76. The van der Waals surface area contributed by atoms with Gasteiger partial charge in [0.1, 0.15) is 16.9 Å². The predicted octanol–water partition coefficient (Wildman–Crippen LogP) is 4.57. The molecule has 8 nitrogen and oxygen atoms in total. The molecule has 3 rings (SSSR count). The second-order valence-electron chi connectivity index (χ2n) is 8.56. The number of hydrogen-bond donors (Lipinski definition) is 2. The average Bonchev–Trinajstić information content (AvgIpc) is 2.90. The molecule has 176 valence electrons. The van der Waals surface area contributed by atoms with E-state index in [1.807, 2.05) is 0 Å². The first-order valence-electron chi connectivity index (χ1n) is 9.76. The Morgan fingerprint density at radius 3 is 2.21 bits per heavy atom. The Kier molecular flexibility index (Phi) is 5.78. The molecule has 2 aromatic rings. The zero-order valence-corrected chi connectivity index (χ0v) is 18.2. The Labute approximate surface area is 187 Å². The number of benzene rings is 2. The number of carbonyl (C=O) groups excluding carboxylic acids is 3. The van der Waals surface area contributed by atoms with Crippen LogP contribution in [0.3, 0.4) is 0 Å². The monoisotopic (exact) mass is 465 g/mol. The van der Waals surface area contributed by atoms with Gasteiger partial charge in [-0.25, -0.2) is 14.5 Å². The van der Waals surface area contributed by atoms with Crippen molar-refractivity contribution >= 4 is 29.5 Å². The molecular weight excluding hydrogens is 443 g/mol. The third-order valence-electron chi connectivity index (χ3n) is 4.81. The van der Waals surface area contributed by atoms with Crippen molar-refractivity contribution in [3.05, 3.63) is 53.6 Å². The fourth-order valence-electron chi connectivity index (χ4n) is 3.22. The molecule has 1 aliphatic heterocycles. The predicted molar refractivity (Wildman–Crippen MR) is 113 cm³/mol. The van der Waals surface area contributed by atoms with Crippen molar-refractivity contribution in [2.24, 2.45) is 0 Å². The minimum absolute atomic E-state index is 0.138. The van der Waals surface area contributed by atoms with Crippen LogP contribution in [0, 0.1) is 0 Å². The van der Waals surface area contributed by atoms with Crippen molar-refractivity contribution in [1.82, 2.24) is 5.32 Å². The molecule has 1 atom stereocenters. The maximum atomic E-state index is 13.2. The summed E-state index contributed by atoms with van der Waals surface area (Å²) < 4.78 is 49.8. The smallest absolute Gasteiger partial charge is 0.428 e. The van der Waals surface area contributed by atoms with Crippen molar-refractivity contribution in [3.8, 4) is 5.75 Å². The highest BCUT2D eigenvalue weighted by atomic mass is 19.4. The molecule has 33 heavy (non-hydrogen) atoms. The molecule has 3 N–H and O–H groups in total. The summed E-state index contributed by atoms with van der Waals surface area (Å²) in [5.41, 5.74) is 1.46. The summed E-state index contributed by atoms with van der Waals surface area (Å²) in [5, 5.41) is 2.50. The maximum absolute atomic E-state index is 13.2. The number of anilines is 2. The number of amides is 3. The van der Waals surface area contributed by atoms with E-state index in [9.17, 15) is 27.6 Å². The standard InChI is InChI=1S/C22H22F3N3O5/c1-20(2,3)33-19(31)32-14-8-5-12(6-9-14)21(4)17(29)28(18(30)27-21)13-7-10-16(26)15(11-13)22(23,24)25/h5-11H,26H2,1-4H3,(H,27,30)/t21-/m1/s1. The van der Waals surface area contributed by atoms with Gasteiger partial charge in [-0.3, -0.25) is 4.79 Å². The number of nitrogen functional groups attached to an aromatic ring is 1. The number of imide groups is 1. The number of carbonyl (C=O) groups is 3. The molecule has 0 bridgehead atoms. The molecule has 2 aromatic carbocycles. The molecule has 0 spiro atoms. The van der Waals surface area contributed by atoms with Gasteiger partial charge in [0, 0.05) is 5.69 Å². The van der Waals surface area contributed by atoms with Crippen LogP contribution in [-0.2, 0) is 21.2 Å². The summed E-state index contributed by atoms with van der Waals surface area (Å²) >= 11 is 0. The van der Waals surface area contributed by atoms with Gasteiger partial charge in [-0.2, -0.15) is 13.2 Å². The fraction of sp³-hybridized carbons (Fsp3) is 0.318. The van der Waals surface area contributed by atoms with Gasteiger partial charge < -0.3 is 20.5 Å². The number of halogens is 3. The second kappa shape index (κ2) is 7.98. The molecule has 1 saturated heterocycles. The van der Waals surface area contributed by atoms with Gasteiger partial charge in [-0.15, -0.1) is 0 Å². The molecular formula is C22H22F3N3O5. The van der Waals surface area contributed by atoms with Gasteiger partial charge in [-0.1, -0.05) is 12.1 Å². The highest BCUT2D eigenvalue weighted by Gasteiger charge is 2.50. The van der Waals surface area contributed by atoms with Crippen molar-refractivity contribution in [3.63, 3.8) is 0 Å². The number of rotatable bonds is 3. The molecule has 1 fully saturated rings. The SMILES string of the molecule is CC(C)(C)OC(=O)Oc1ccc([C@@]2(C)NC(=O)N(c3ccc(N)c(C(F)(F)F)c3)C2=O)cc1. The molecule has 1 heterocycles. The Bertz CT molecular complexity index is 1110. The Balaban J connectivity index is 1.86. The molecule has 0 unspecified atom stereocenters. The summed E-state index contributed by atoms with van der Waals surface area (Å²) in [6.07, 6.45) is -5.67. The molecule has 1 aliphatic rings. The highest BCUT2D eigenvalue weighted by Crippen LogP contribution is 2.38. The number of nitrogens with zero attached hydrogens (tertiary/aromatic N) is 1. The van der Waals surface area contributed by atoms with Crippen LogP contribution in [0.4, 0.5) is 34.1 Å². The quantitative estimate of drug-likeness (QED) is 0.297. The maximum Gasteiger partial charge on any atom is 0.514 e. The summed E-state index contributed by atoms with van der Waals surface area (Å²) in [7, 11) is 0. The van der Waals surface area contributed by atoms with E-state index in [1.54, 1.807) is 20.8 Å². The minimum Gasteiger partial charge on any atom is -0.428 e. The number of nitrogens with one attached hydrogen (secondary N) is 1. The lowest BCUT2D eigenvalue weighted by molar-refractivity contribution is -0.137. The van der Waals surface area contributed by atoms with Gasteiger partial charge in [0.25, 0.3) is 5.91 Å². The number of ether oxygens (including phenoxy) is 2. The molecule has 3 amide bonds. The van der Waals surface area contributed by atoms with E-state index >= 15 is 0 Å². The number of urea groups is 1. The van der Waals surface area contributed by atoms with Crippen LogP contribution in [0.15, 0.2) is 42.5 Å². The third kappa shape index (κ3) is 4.86. The lowest BCUT2D eigenvalue weighted by Crippen LogP contribution is -2.40. The molecule has 0 saturated carbocycles. The van der Waals surface area contributed by atoms with E-state index in [1.165, 1.54) is 31.2 Å². The first-order valence-corrected chi connectivity index (χ1v) is 9.76. The van der Waals surface area contributed by atoms with Gasteiger partial charge in [0.15, 0.2) is 0 Å². The van der Waals surface area contributed by atoms with Crippen LogP contribution in [0.5, 0.6) is 5.75 Å². The van der Waals surface area contributed by atoms with Gasteiger partial charge in [-0.05, 0) is 63.6 Å². The number of nitrogens with two attached hydrogens (primary N) is 1. The first kappa shape index (κ1) is 23.9. The lowest BCUT2D eigenvalue weighted by atomic mass is 9.92. The fourth-order valence-corrected chi connectivity index (χ4v) is 3.22. The zero-order chi connectivity index (χ0) is 24.8. The Morgan fingerprint density at radius 2 is 1.67 bits per heavy atom. The van der Waals surface area contributed by atoms with Crippen molar-refractivity contribution < 1.29 is 37.0 Å². The van der Waals surface area contributed by atoms with E-state index < -0.39 is 46.7 Å². The van der Waals surface area contributed by atoms with Crippen LogP contribution < -0.4 is 20.7 Å². The molecule has 0 radical (unpaired) electrons. The lowest BCUT2D eigenvalue weighted by Gasteiger charge is -2.23. The van der Waals surface area contributed by atoms with E-state index in [2.05, 4.69) is 5.32 Å². The first-order chi connectivity index (χ1) is 15.1. The van der Waals surface area contributed by atoms with Crippen LogP contribution in [0.25, 0.3) is 0 Å². The van der Waals surface area contributed by atoms with Gasteiger partial charge in [0.05, 0.1) is 11.3 Å². The van der Waals surface area contributed by atoms with Crippen LogP contribution in [0.2, 0.25) is 0 Å². The van der Waals surface area contributed by atoms with E-state index in [4.69, 9.17) is 15.2 Å². The summed E-state index contributed by atoms with van der Waals surface area (Å²) in [5.74, 6) is -0.648. The number of alkyl halides is 3. The zero-order valence-electron chi connectivity index (χ0n) is 18.2. The van der Waals surface area contributed by atoms with Gasteiger partial charge >= 0.3 is 18.4 Å². The normalized spacial score (nSPS) is 18.8. The second-order valence-corrected chi connectivity index (χ2v) is 8.56. The van der Waals surface area contributed by atoms with Crippen molar-refractivity contribution in [2.45, 2.75) is 45.0 Å². The molecule has 11 heteroatoms.